The van der Waals surface area contributed by atoms with Crippen LogP contribution in [0.25, 0.3) is 0 Å². The number of nitrogens with one attached hydrogen (secondary N) is 1. The van der Waals surface area contributed by atoms with Crippen LogP contribution in [0.1, 0.15) is 67.2 Å². The summed E-state index contributed by atoms with van der Waals surface area (Å²) >= 11 is 0. The van der Waals surface area contributed by atoms with Crippen molar-refractivity contribution in [1.82, 2.24) is 10.2 Å². The van der Waals surface area contributed by atoms with Gasteiger partial charge in [-0.1, -0.05) is 20.8 Å². The van der Waals surface area contributed by atoms with E-state index in [9.17, 15) is 0 Å². The van der Waals surface area contributed by atoms with E-state index in [2.05, 4.69) is 41.2 Å². The molecular weight excluding hydrogens is 324 g/mol. The lowest BCUT2D eigenvalue weighted by molar-refractivity contribution is 0.183. The molecule has 0 saturated carbocycles. The number of allylic oxidation sites excluding steroid dienone is 2. The first-order valence-electron chi connectivity index (χ1n) is 10.0. The van der Waals surface area contributed by atoms with Crippen LogP contribution in [-0.4, -0.2) is 42.0 Å². The lowest BCUT2D eigenvalue weighted by Crippen LogP contribution is -2.51. The summed E-state index contributed by atoms with van der Waals surface area (Å²) in [4.78, 5) is 7.05. The molecule has 2 aliphatic heterocycles. The summed E-state index contributed by atoms with van der Waals surface area (Å²) in [7, 11) is 0. The van der Waals surface area contributed by atoms with E-state index in [0.29, 0.717) is 18.1 Å². The van der Waals surface area contributed by atoms with E-state index in [-0.39, 0.29) is 0 Å². The van der Waals surface area contributed by atoms with Crippen molar-refractivity contribution in [2.24, 2.45) is 4.99 Å². The molecule has 26 heavy (non-hydrogen) atoms. The van der Waals surface area contributed by atoms with E-state index in [1.807, 2.05) is 34.0 Å². The van der Waals surface area contributed by atoms with E-state index < -0.39 is 0 Å². The second kappa shape index (κ2) is 11.7. The molecule has 3 atom stereocenters. The Kier molecular flexibility index (Phi) is 10.0. The molecule has 0 aromatic heterocycles. The van der Waals surface area contributed by atoms with Crippen LogP contribution in [0.5, 0.6) is 0 Å². The van der Waals surface area contributed by atoms with E-state index in [1.165, 1.54) is 0 Å². The fourth-order valence-corrected chi connectivity index (χ4v) is 3.55. The molecule has 146 valence electrons. The number of amidine groups is 1. The Hall–Kier alpha value is -1.80. The lowest BCUT2D eigenvalue weighted by Gasteiger charge is -2.40. The molecule has 0 radical (unpaired) electrons. The first-order valence-corrected chi connectivity index (χ1v) is 10.0. The van der Waals surface area contributed by atoms with Gasteiger partial charge < -0.3 is 15.0 Å². The van der Waals surface area contributed by atoms with Crippen LogP contribution in [-0.2, 0) is 4.74 Å². The van der Waals surface area contributed by atoms with Gasteiger partial charge >= 0.3 is 0 Å². The van der Waals surface area contributed by atoms with Crippen molar-refractivity contribution in [3.8, 4) is 6.07 Å². The minimum absolute atomic E-state index is 0.435. The average Bonchev–Trinajstić information content (AvgIpc) is 2.65. The van der Waals surface area contributed by atoms with Gasteiger partial charge in [0.25, 0.3) is 0 Å². The Labute approximate surface area is 159 Å². The van der Waals surface area contributed by atoms with E-state index >= 15 is 0 Å². The highest BCUT2D eigenvalue weighted by molar-refractivity contribution is 5.81. The van der Waals surface area contributed by atoms with Gasteiger partial charge in [-0.15, -0.1) is 0 Å². The van der Waals surface area contributed by atoms with Crippen molar-refractivity contribution >= 4 is 5.84 Å². The number of rotatable bonds is 4. The molecule has 1 N–H and O–H groups in total. The zero-order chi connectivity index (χ0) is 19.5. The first kappa shape index (κ1) is 22.2. The molecule has 0 bridgehead atoms. The number of ether oxygens (including phenoxy) is 1. The predicted molar refractivity (Wildman–Crippen MR) is 109 cm³/mol. The van der Waals surface area contributed by atoms with Gasteiger partial charge in [-0.05, 0) is 46.1 Å². The van der Waals surface area contributed by atoms with Gasteiger partial charge in [0, 0.05) is 31.1 Å². The fourth-order valence-electron chi connectivity index (χ4n) is 3.55. The van der Waals surface area contributed by atoms with Gasteiger partial charge in [0.05, 0.1) is 30.2 Å². The molecule has 5 heteroatoms. The first-order chi connectivity index (χ1) is 12.5. The van der Waals surface area contributed by atoms with Crippen LogP contribution < -0.4 is 5.32 Å². The predicted octanol–water partition coefficient (Wildman–Crippen LogP) is 4.38. The number of nitrogens with zero attached hydrogens (tertiary/aromatic N) is 3. The minimum atomic E-state index is 0.435. The maximum absolute atomic E-state index is 9.15. The standard InChI is InChI=1S/C19H30N4O.C2H6/c1-5-17(13-20)15(3)21-16(4)23-9-6-19(12-14(23)2)22-18-7-10-24-11-8-18;1-2/h7,10,14,18-19,22H,5-6,8-9,11-12H2,1-4H3;1-2H3/b17-15-,21-16?;. The van der Waals surface area contributed by atoms with Gasteiger partial charge in [-0.3, -0.25) is 0 Å². The molecule has 0 amide bonds. The summed E-state index contributed by atoms with van der Waals surface area (Å²) in [6, 6.07) is 3.67. The quantitative estimate of drug-likeness (QED) is 0.459. The van der Waals surface area contributed by atoms with E-state index in [1.54, 1.807) is 0 Å². The van der Waals surface area contributed by atoms with Gasteiger partial charge in [-0.25, -0.2) is 4.99 Å². The second-order valence-electron chi connectivity index (χ2n) is 6.71. The average molecular weight is 361 g/mol. The topological polar surface area (TPSA) is 60.7 Å². The molecule has 3 unspecified atom stereocenters. The van der Waals surface area contributed by atoms with Crippen LogP contribution in [0.3, 0.4) is 0 Å². The molecular formula is C21H36N4O. The van der Waals surface area contributed by atoms with Crippen LogP contribution >= 0.6 is 0 Å². The maximum Gasteiger partial charge on any atom is 0.101 e. The summed E-state index contributed by atoms with van der Waals surface area (Å²) < 4.78 is 5.26. The normalized spacial score (nSPS) is 26.9. The van der Waals surface area contributed by atoms with Crippen molar-refractivity contribution < 1.29 is 4.74 Å². The van der Waals surface area contributed by atoms with E-state index in [0.717, 1.165) is 55.9 Å². The van der Waals surface area contributed by atoms with Crippen molar-refractivity contribution in [2.45, 2.75) is 85.4 Å². The molecule has 0 aliphatic carbocycles. The smallest absolute Gasteiger partial charge is 0.101 e. The Bertz CT molecular complexity index is 559. The number of hydrogen-bond donors (Lipinski definition) is 1. The number of piperidine rings is 1. The number of nitriles is 1. The second-order valence-corrected chi connectivity index (χ2v) is 6.71. The zero-order valence-corrected chi connectivity index (χ0v) is 17.4. The fraction of sp³-hybridized carbons (Fsp3) is 0.714. The largest absolute Gasteiger partial charge is 0.501 e. The summed E-state index contributed by atoms with van der Waals surface area (Å²) in [6.07, 6.45) is 7.94. The molecule has 0 spiro atoms. The summed E-state index contributed by atoms with van der Waals surface area (Å²) in [5, 5.41) is 12.9. The molecule has 0 aromatic rings. The summed E-state index contributed by atoms with van der Waals surface area (Å²) in [5.41, 5.74) is 1.61. The molecule has 2 heterocycles. The SMILES string of the molecule is CC.CC/C(C#N)=C(\C)N=C(C)N1CCC(NC2C=COCC2)CC1C. The third-order valence-corrected chi connectivity index (χ3v) is 4.95. The van der Waals surface area contributed by atoms with Gasteiger partial charge in [-0.2, -0.15) is 5.26 Å². The Morgan fingerprint density at radius 3 is 2.62 bits per heavy atom. The van der Waals surface area contributed by atoms with Crippen LogP contribution in [0, 0.1) is 11.3 Å². The maximum atomic E-state index is 9.15. The van der Waals surface area contributed by atoms with Gasteiger partial charge in [0.15, 0.2) is 0 Å². The Morgan fingerprint density at radius 1 is 1.35 bits per heavy atom. The molecule has 1 fully saturated rings. The number of aliphatic imine (C=N–C) groups is 1. The number of hydrogen-bond acceptors (Lipinski definition) is 4. The summed E-state index contributed by atoms with van der Waals surface area (Å²) in [5.74, 6) is 1.02. The highest BCUT2D eigenvalue weighted by atomic mass is 16.5. The number of likely N-dealkylation sites (tertiary alicyclic amines) is 1. The van der Waals surface area contributed by atoms with Crippen LogP contribution in [0.15, 0.2) is 28.6 Å². The third kappa shape index (κ3) is 6.49. The zero-order valence-electron chi connectivity index (χ0n) is 17.4. The molecule has 0 aromatic carbocycles. The highest BCUT2D eigenvalue weighted by Gasteiger charge is 2.27. The van der Waals surface area contributed by atoms with Gasteiger partial charge in [0.2, 0.25) is 0 Å². The highest BCUT2D eigenvalue weighted by Crippen LogP contribution is 2.20. The van der Waals surface area contributed by atoms with E-state index in [4.69, 9.17) is 10.00 Å². The van der Waals surface area contributed by atoms with Gasteiger partial charge in [0.1, 0.15) is 5.84 Å². The van der Waals surface area contributed by atoms with Crippen LogP contribution in [0.4, 0.5) is 0 Å². The molecule has 2 aliphatic rings. The molecule has 1 saturated heterocycles. The van der Waals surface area contributed by atoms with Crippen molar-refractivity contribution in [2.75, 3.05) is 13.2 Å². The van der Waals surface area contributed by atoms with Crippen LogP contribution in [0.2, 0.25) is 0 Å². The Morgan fingerprint density at radius 2 is 2.08 bits per heavy atom. The monoisotopic (exact) mass is 360 g/mol. The van der Waals surface area contributed by atoms with Crippen molar-refractivity contribution in [1.29, 1.82) is 5.26 Å². The molecule has 5 nitrogen and oxygen atoms in total. The minimum Gasteiger partial charge on any atom is -0.501 e. The summed E-state index contributed by atoms with van der Waals surface area (Å²) in [6.45, 7) is 14.1. The Balaban J connectivity index is 0.00000163. The lowest BCUT2D eigenvalue weighted by atomic mass is 9.96. The third-order valence-electron chi connectivity index (χ3n) is 4.95. The molecule has 2 rings (SSSR count). The van der Waals surface area contributed by atoms with Crippen molar-refractivity contribution in [3.63, 3.8) is 0 Å². The van der Waals surface area contributed by atoms with Crippen molar-refractivity contribution in [3.05, 3.63) is 23.6 Å².